The van der Waals surface area contributed by atoms with Gasteiger partial charge in [-0.05, 0) is 37.6 Å². The number of hydrogen-bond donors (Lipinski definition) is 3. The highest BCUT2D eigenvalue weighted by Crippen LogP contribution is 2.21. The molecule has 0 bridgehead atoms. The van der Waals surface area contributed by atoms with Crippen LogP contribution in [0.5, 0.6) is 0 Å². The third-order valence-corrected chi connectivity index (χ3v) is 3.89. The van der Waals surface area contributed by atoms with E-state index in [1.54, 1.807) is 25.3 Å². The zero-order chi connectivity index (χ0) is 14.7. The van der Waals surface area contributed by atoms with E-state index < -0.39 is 12.1 Å². The number of aryl methyl sites for hydroxylation is 1. The van der Waals surface area contributed by atoms with E-state index >= 15 is 0 Å². The van der Waals surface area contributed by atoms with Crippen molar-refractivity contribution in [2.24, 2.45) is 0 Å². The van der Waals surface area contributed by atoms with Crippen LogP contribution in [0, 0.1) is 6.92 Å². The predicted molar refractivity (Wildman–Crippen MR) is 78.2 cm³/mol. The van der Waals surface area contributed by atoms with Gasteiger partial charge in [-0.1, -0.05) is 0 Å². The molecule has 5 nitrogen and oxygen atoms in total. The van der Waals surface area contributed by atoms with Gasteiger partial charge in [-0.2, -0.15) is 0 Å². The Kier molecular flexibility index (Phi) is 4.36. The largest absolute Gasteiger partial charge is 0.478 e. The topological polar surface area (TPSA) is 82.5 Å². The third kappa shape index (κ3) is 3.55. The fourth-order valence-corrected chi connectivity index (χ4v) is 2.59. The first-order valence-electron chi connectivity index (χ1n) is 6.17. The molecule has 20 heavy (non-hydrogen) atoms. The molecule has 106 valence electrons. The number of anilines is 1. The molecule has 2 aromatic rings. The highest BCUT2D eigenvalue weighted by molar-refractivity contribution is 7.11. The van der Waals surface area contributed by atoms with E-state index in [1.807, 2.05) is 13.0 Å². The van der Waals surface area contributed by atoms with Gasteiger partial charge in [-0.3, -0.25) is 0 Å². The molecule has 1 aromatic carbocycles. The molecule has 2 rings (SSSR count). The summed E-state index contributed by atoms with van der Waals surface area (Å²) in [5.41, 5.74) is 1.91. The summed E-state index contributed by atoms with van der Waals surface area (Å²) in [7, 11) is 0. The summed E-state index contributed by atoms with van der Waals surface area (Å²) < 4.78 is 0. The van der Waals surface area contributed by atoms with Gasteiger partial charge in [0.05, 0.1) is 12.1 Å². The number of hydrogen-bond acceptors (Lipinski definition) is 5. The average Bonchev–Trinajstić information content (AvgIpc) is 2.84. The molecule has 1 atom stereocenters. The molecule has 0 radical (unpaired) electrons. The number of benzene rings is 1. The average molecular weight is 292 g/mol. The smallest absolute Gasteiger partial charge is 0.335 e. The standard InChI is InChI=1S/C14H16N2O3S/c1-8-3-10(14(18)19)5-11(4-8)15-6-12-7-16-13(20-12)9(2)17/h3-5,7,9,15,17H,6H2,1-2H3,(H,18,19). The van der Waals surface area contributed by atoms with Crippen LogP contribution in [0.1, 0.15) is 38.8 Å². The normalized spacial score (nSPS) is 12.2. The molecule has 0 fully saturated rings. The van der Waals surface area contributed by atoms with Crippen molar-refractivity contribution in [1.82, 2.24) is 4.98 Å². The molecule has 3 N–H and O–H groups in total. The molecule has 0 aliphatic rings. The number of nitrogens with zero attached hydrogens (tertiary/aromatic N) is 1. The molecular formula is C14H16N2O3S. The van der Waals surface area contributed by atoms with Crippen molar-refractivity contribution < 1.29 is 15.0 Å². The van der Waals surface area contributed by atoms with E-state index in [-0.39, 0.29) is 5.56 Å². The van der Waals surface area contributed by atoms with Crippen LogP contribution < -0.4 is 5.32 Å². The van der Waals surface area contributed by atoms with Crippen molar-refractivity contribution in [3.63, 3.8) is 0 Å². The molecule has 1 aromatic heterocycles. The van der Waals surface area contributed by atoms with Gasteiger partial charge in [0.25, 0.3) is 0 Å². The molecule has 0 aliphatic carbocycles. The fourth-order valence-electron chi connectivity index (χ4n) is 1.80. The summed E-state index contributed by atoms with van der Waals surface area (Å²) in [5.74, 6) is -0.939. The van der Waals surface area contributed by atoms with E-state index in [4.69, 9.17) is 5.11 Å². The maximum Gasteiger partial charge on any atom is 0.335 e. The van der Waals surface area contributed by atoms with Gasteiger partial charge >= 0.3 is 5.97 Å². The van der Waals surface area contributed by atoms with Crippen molar-refractivity contribution >= 4 is 23.0 Å². The third-order valence-electron chi connectivity index (χ3n) is 2.72. The van der Waals surface area contributed by atoms with Gasteiger partial charge in [0.2, 0.25) is 0 Å². The van der Waals surface area contributed by atoms with Crippen LogP contribution >= 0.6 is 11.3 Å². The minimum absolute atomic E-state index is 0.265. The lowest BCUT2D eigenvalue weighted by molar-refractivity contribution is 0.0697. The van der Waals surface area contributed by atoms with Gasteiger partial charge in [-0.15, -0.1) is 11.3 Å². The number of aliphatic hydroxyl groups excluding tert-OH is 1. The Hall–Kier alpha value is -1.92. The van der Waals surface area contributed by atoms with E-state index in [0.29, 0.717) is 11.6 Å². The highest BCUT2D eigenvalue weighted by atomic mass is 32.1. The summed E-state index contributed by atoms with van der Waals surface area (Å²) in [4.78, 5) is 16.1. The van der Waals surface area contributed by atoms with Crippen molar-refractivity contribution in [2.45, 2.75) is 26.5 Å². The highest BCUT2D eigenvalue weighted by Gasteiger charge is 2.08. The van der Waals surface area contributed by atoms with Crippen LogP contribution in [0.15, 0.2) is 24.4 Å². The quantitative estimate of drug-likeness (QED) is 0.789. The number of aliphatic hydroxyl groups is 1. The minimum atomic E-state index is -0.939. The maximum absolute atomic E-state index is 11.0. The van der Waals surface area contributed by atoms with Crippen LogP contribution in [0.3, 0.4) is 0 Å². The van der Waals surface area contributed by atoms with Crippen LogP contribution in [0.2, 0.25) is 0 Å². The number of rotatable bonds is 5. The van der Waals surface area contributed by atoms with Gasteiger partial charge in [0.15, 0.2) is 0 Å². The van der Waals surface area contributed by atoms with Gasteiger partial charge in [0.1, 0.15) is 11.1 Å². The monoisotopic (exact) mass is 292 g/mol. The zero-order valence-corrected chi connectivity index (χ0v) is 12.1. The number of carbonyl (C=O) groups is 1. The number of thiazole rings is 1. The Bertz CT molecular complexity index is 623. The summed E-state index contributed by atoms with van der Waals surface area (Å²) >= 11 is 1.43. The lowest BCUT2D eigenvalue weighted by Crippen LogP contribution is -2.02. The van der Waals surface area contributed by atoms with Crippen LogP contribution in [0.4, 0.5) is 5.69 Å². The Morgan fingerprint density at radius 1 is 1.45 bits per heavy atom. The minimum Gasteiger partial charge on any atom is -0.478 e. The number of aromatic nitrogens is 1. The summed E-state index contributed by atoms with van der Waals surface area (Å²) in [6.07, 6.45) is 1.15. The Labute approximate surface area is 120 Å². The van der Waals surface area contributed by atoms with Crippen LogP contribution in [-0.2, 0) is 6.54 Å². The first kappa shape index (κ1) is 14.5. The lowest BCUT2D eigenvalue weighted by Gasteiger charge is -2.07. The Morgan fingerprint density at radius 2 is 2.20 bits per heavy atom. The van der Waals surface area contributed by atoms with Gasteiger partial charge in [-0.25, -0.2) is 9.78 Å². The molecule has 0 aliphatic heterocycles. The van der Waals surface area contributed by atoms with E-state index in [9.17, 15) is 9.90 Å². The first-order chi connectivity index (χ1) is 9.45. The van der Waals surface area contributed by atoms with Crippen molar-refractivity contribution in [2.75, 3.05) is 5.32 Å². The molecule has 1 unspecified atom stereocenters. The lowest BCUT2D eigenvalue weighted by atomic mass is 10.1. The zero-order valence-electron chi connectivity index (χ0n) is 11.3. The summed E-state index contributed by atoms with van der Waals surface area (Å²) in [6, 6.07) is 5.13. The molecule has 6 heteroatoms. The molecule has 0 saturated heterocycles. The van der Waals surface area contributed by atoms with Crippen molar-refractivity contribution in [3.8, 4) is 0 Å². The Morgan fingerprint density at radius 3 is 2.80 bits per heavy atom. The molecule has 1 heterocycles. The summed E-state index contributed by atoms with van der Waals surface area (Å²) in [6.45, 7) is 4.08. The van der Waals surface area contributed by atoms with E-state index in [1.165, 1.54) is 11.3 Å². The van der Waals surface area contributed by atoms with Crippen molar-refractivity contribution in [3.05, 3.63) is 45.4 Å². The second kappa shape index (κ2) is 6.02. The SMILES string of the molecule is Cc1cc(NCc2cnc(C(C)O)s2)cc(C(=O)O)c1. The molecule has 0 spiro atoms. The predicted octanol–water partition coefficient (Wildman–Crippen LogP) is 2.82. The first-order valence-corrected chi connectivity index (χ1v) is 6.99. The van der Waals surface area contributed by atoms with E-state index in [0.717, 1.165) is 16.1 Å². The molecule has 0 amide bonds. The fraction of sp³-hybridized carbons (Fsp3) is 0.286. The van der Waals surface area contributed by atoms with Gasteiger partial charge < -0.3 is 15.5 Å². The molecule has 0 saturated carbocycles. The van der Waals surface area contributed by atoms with Crippen LogP contribution in [-0.4, -0.2) is 21.2 Å². The van der Waals surface area contributed by atoms with Gasteiger partial charge in [0, 0.05) is 16.8 Å². The number of aromatic carboxylic acids is 1. The number of carboxylic acid groups (broad SMARTS) is 1. The second-order valence-corrected chi connectivity index (χ2v) is 5.73. The van der Waals surface area contributed by atoms with Crippen molar-refractivity contribution in [1.29, 1.82) is 0 Å². The number of nitrogens with one attached hydrogen (secondary N) is 1. The van der Waals surface area contributed by atoms with E-state index in [2.05, 4.69) is 10.3 Å². The number of carboxylic acids is 1. The Balaban J connectivity index is 2.08. The molecular weight excluding hydrogens is 276 g/mol. The summed E-state index contributed by atoms with van der Waals surface area (Å²) in [5, 5.41) is 22.3. The maximum atomic E-state index is 11.0. The second-order valence-electron chi connectivity index (χ2n) is 4.59. The van der Waals surface area contributed by atoms with Crippen LogP contribution in [0.25, 0.3) is 0 Å².